The normalized spacial score (nSPS) is 10.5. The highest BCUT2D eigenvalue weighted by atomic mass is 79.9. The van der Waals surface area contributed by atoms with Crippen molar-refractivity contribution < 1.29 is 4.39 Å². The SMILES string of the molecule is Cn1ncc(-c2ccccc2F)c1Br. The molecule has 0 unspecified atom stereocenters. The zero-order valence-electron chi connectivity index (χ0n) is 7.54. The first-order chi connectivity index (χ1) is 6.70. The fraction of sp³-hybridized carbons (Fsp3) is 0.100. The highest BCUT2D eigenvalue weighted by Gasteiger charge is 2.10. The third-order valence-corrected chi connectivity index (χ3v) is 2.97. The van der Waals surface area contributed by atoms with Crippen molar-refractivity contribution in [1.82, 2.24) is 9.78 Å². The minimum Gasteiger partial charge on any atom is -0.261 e. The highest BCUT2D eigenvalue weighted by Crippen LogP contribution is 2.29. The van der Waals surface area contributed by atoms with E-state index in [2.05, 4.69) is 21.0 Å². The molecule has 0 radical (unpaired) electrons. The van der Waals surface area contributed by atoms with Crippen LogP contribution in [0.2, 0.25) is 0 Å². The average molecular weight is 255 g/mol. The van der Waals surface area contributed by atoms with Gasteiger partial charge >= 0.3 is 0 Å². The quantitative estimate of drug-likeness (QED) is 0.765. The van der Waals surface area contributed by atoms with Gasteiger partial charge in [0.15, 0.2) is 0 Å². The van der Waals surface area contributed by atoms with Crippen LogP contribution in [-0.2, 0) is 7.05 Å². The molecule has 0 fully saturated rings. The number of aromatic nitrogens is 2. The van der Waals surface area contributed by atoms with Crippen molar-refractivity contribution >= 4 is 15.9 Å². The molecule has 1 heterocycles. The van der Waals surface area contributed by atoms with Gasteiger partial charge in [-0.05, 0) is 22.0 Å². The predicted molar refractivity (Wildman–Crippen MR) is 56.3 cm³/mol. The molecule has 1 aromatic heterocycles. The lowest BCUT2D eigenvalue weighted by atomic mass is 10.1. The topological polar surface area (TPSA) is 17.8 Å². The van der Waals surface area contributed by atoms with Crippen molar-refractivity contribution in [3.63, 3.8) is 0 Å². The van der Waals surface area contributed by atoms with E-state index >= 15 is 0 Å². The third-order valence-electron chi connectivity index (χ3n) is 2.03. The molecule has 0 amide bonds. The molecule has 72 valence electrons. The summed E-state index contributed by atoms with van der Waals surface area (Å²) in [6, 6.07) is 6.65. The summed E-state index contributed by atoms with van der Waals surface area (Å²) in [5.41, 5.74) is 1.33. The van der Waals surface area contributed by atoms with E-state index in [0.29, 0.717) is 5.56 Å². The van der Waals surface area contributed by atoms with Crippen LogP contribution in [0.5, 0.6) is 0 Å². The molecule has 0 aliphatic carbocycles. The van der Waals surface area contributed by atoms with Gasteiger partial charge < -0.3 is 0 Å². The first kappa shape index (κ1) is 9.40. The number of nitrogens with zero attached hydrogens (tertiary/aromatic N) is 2. The molecule has 0 atom stereocenters. The van der Waals surface area contributed by atoms with Crippen LogP contribution in [0.1, 0.15) is 0 Å². The molecule has 0 saturated carbocycles. The van der Waals surface area contributed by atoms with Crippen LogP contribution in [0.25, 0.3) is 11.1 Å². The van der Waals surface area contributed by atoms with Crippen molar-refractivity contribution in [1.29, 1.82) is 0 Å². The van der Waals surface area contributed by atoms with Gasteiger partial charge in [-0.1, -0.05) is 18.2 Å². The van der Waals surface area contributed by atoms with Gasteiger partial charge in [0.2, 0.25) is 0 Å². The smallest absolute Gasteiger partial charge is 0.131 e. The summed E-state index contributed by atoms with van der Waals surface area (Å²) in [7, 11) is 1.80. The number of halogens is 2. The minimum absolute atomic E-state index is 0.235. The van der Waals surface area contributed by atoms with Gasteiger partial charge in [-0.15, -0.1) is 0 Å². The van der Waals surface area contributed by atoms with E-state index in [1.165, 1.54) is 6.07 Å². The average Bonchev–Trinajstić information content (AvgIpc) is 2.49. The van der Waals surface area contributed by atoms with Crippen LogP contribution >= 0.6 is 15.9 Å². The maximum Gasteiger partial charge on any atom is 0.131 e. The number of benzene rings is 1. The molecule has 14 heavy (non-hydrogen) atoms. The van der Waals surface area contributed by atoms with Crippen molar-refractivity contribution in [2.24, 2.45) is 7.05 Å². The summed E-state index contributed by atoms with van der Waals surface area (Å²) in [6.45, 7) is 0. The second kappa shape index (κ2) is 3.53. The molecule has 1 aromatic carbocycles. The molecule has 0 aliphatic rings. The van der Waals surface area contributed by atoms with Gasteiger partial charge in [0, 0.05) is 18.2 Å². The lowest BCUT2D eigenvalue weighted by Crippen LogP contribution is -1.89. The fourth-order valence-corrected chi connectivity index (χ4v) is 1.69. The Morgan fingerprint density at radius 2 is 2.00 bits per heavy atom. The Bertz CT molecular complexity index is 465. The summed E-state index contributed by atoms with van der Waals surface area (Å²) < 4.78 is 15.8. The van der Waals surface area contributed by atoms with Crippen LogP contribution in [0, 0.1) is 5.82 Å². The molecule has 4 heteroatoms. The predicted octanol–water partition coefficient (Wildman–Crippen LogP) is 2.99. The molecule has 2 aromatic rings. The van der Waals surface area contributed by atoms with Crippen molar-refractivity contribution in [3.8, 4) is 11.1 Å². The first-order valence-electron chi connectivity index (χ1n) is 4.12. The molecular formula is C10H8BrFN2. The fourth-order valence-electron chi connectivity index (χ4n) is 1.28. The van der Waals surface area contributed by atoms with Crippen LogP contribution in [0.3, 0.4) is 0 Å². The Labute approximate surface area is 89.5 Å². The molecule has 0 aliphatic heterocycles. The van der Waals surface area contributed by atoms with E-state index in [1.807, 2.05) is 0 Å². The van der Waals surface area contributed by atoms with E-state index in [4.69, 9.17) is 0 Å². The van der Waals surface area contributed by atoms with E-state index in [1.54, 1.807) is 36.1 Å². The highest BCUT2D eigenvalue weighted by molar-refractivity contribution is 9.10. The Kier molecular flexibility index (Phi) is 2.37. The molecule has 0 N–H and O–H groups in total. The van der Waals surface area contributed by atoms with Crippen molar-refractivity contribution in [2.75, 3.05) is 0 Å². The molecule has 2 nitrogen and oxygen atoms in total. The molecular weight excluding hydrogens is 247 g/mol. The molecule has 2 rings (SSSR count). The standard InChI is InChI=1S/C10H8BrFN2/c1-14-10(11)8(6-13-14)7-4-2-3-5-9(7)12/h2-6H,1H3. The Morgan fingerprint density at radius 3 is 2.57 bits per heavy atom. The van der Waals surface area contributed by atoms with Gasteiger partial charge in [-0.2, -0.15) is 5.10 Å². The Balaban J connectivity index is 2.60. The van der Waals surface area contributed by atoms with Crippen molar-refractivity contribution in [3.05, 3.63) is 40.9 Å². The Hall–Kier alpha value is -1.16. The molecule has 0 saturated heterocycles. The zero-order valence-corrected chi connectivity index (χ0v) is 9.12. The van der Waals surface area contributed by atoms with Crippen molar-refractivity contribution in [2.45, 2.75) is 0 Å². The number of hydrogen-bond acceptors (Lipinski definition) is 1. The summed E-state index contributed by atoms with van der Waals surface area (Å²) in [4.78, 5) is 0. The van der Waals surface area contributed by atoms with Gasteiger partial charge in [-0.25, -0.2) is 4.39 Å². The van der Waals surface area contributed by atoms with Gasteiger partial charge in [0.05, 0.1) is 6.20 Å². The largest absolute Gasteiger partial charge is 0.261 e. The minimum atomic E-state index is -0.235. The number of hydrogen-bond donors (Lipinski definition) is 0. The molecule has 0 spiro atoms. The second-order valence-electron chi connectivity index (χ2n) is 2.95. The van der Waals surface area contributed by atoms with Crippen LogP contribution in [0.15, 0.2) is 35.1 Å². The maximum absolute atomic E-state index is 13.4. The summed E-state index contributed by atoms with van der Waals surface area (Å²) in [6.07, 6.45) is 1.64. The lowest BCUT2D eigenvalue weighted by Gasteiger charge is -2.00. The Morgan fingerprint density at radius 1 is 1.29 bits per heavy atom. The monoisotopic (exact) mass is 254 g/mol. The van der Waals surface area contributed by atoms with Crippen LogP contribution in [-0.4, -0.2) is 9.78 Å². The molecule has 0 bridgehead atoms. The summed E-state index contributed by atoms with van der Waals surface area (Å²) in [5.74, 6) is -0.235. The van der Waals surface area contributed by atoms with E-state index in [-0.39, 0.29) is 5.82 Å². The van der Waals surface area contributed by atoms with E-state index in [9.17, 15) is 4.39 Å². The van der Waals surface area contributed by atoms with Crippen LogP contribution < -0.4 is 0 Å². The first-order valence-corrected chi connectivity index (χ1v) is 4.92. The van der Waals surface area contributed by atoms with Gasteiger partial charge in [0.25, 0.3) is 0 Å². The van der Waals surface area contributed by atoms with E-state index < -0.39 is 0 Å². The van der Waals surface area contributed by atoms with Crippen LogP contribution in [0.4, 0.5) is 4.39 Å². The third kappa shape index (κ3) is 1.46. The number of aryl methyl sites for hydroxylation is 1. The van der Waals surface area contributed by atoms with E-state index in [0.717, 1.165) is 10.2 Å². The summed E-state index contributed by atoms with van der Waals surface area (Å²) >= 11 is 3.35. The number of rotatable bonds is 1. The lowest BCUT2D eigenvalue weighted by molar-refractivity contribution is 0.631. The summed E-state index contributed by atoms with van der Waals surface area (Å²) in [5, 5.41) is 4.04. The van der Waals surface area contributed by atoms with Gasteiger partial charge in [0.1, 0.15) is 10.4 Å². The van der Waals surface area contributed by atoms with Gasteiger partial charge in [-0.3, -0.25) is 4.68 Å². The second-order valence-corrected chi connectivity index (χ2v) is 3.70. The zero-order chi connectivity index (χ0) is 10.1. The maximum atomic E-state index is 13.4.